The zero-order valence-corrected chi connectivity index (χ0v) is 13.9. The molecule has 4 heteroatoms. The zero-order chi connectivity index (χ0) is 15.7. The van der Waals surface area contributed by atoms with E-state index in [9.17, 15) is 0 Å². The van der Waals surface area contributed by atoms with Crippen molar-refractivity contribution in [2.24, 2.45) is 5.73 Å². The van der Waals surface area contributed by atoms with Crippen molar-refractivity contribution >= 4 is 11.6 Å². The fourth-order valence-corrected chi connectivity index (χ4v) is 2.85. The molecule has 1 aromatic rings. The molecule has 1 aromatic carbocycles. The molecule has 0 amide bonds. The quantitative estimate of drug-likeness (QED) is 0.861. The third kappa shape index (κ3) is 4.14. The van der Waals surface area contributed by atoms with Gasteiger partial charge in [0, 0.05) is 23.7 Å². The minimum absolute atomic E-state index is 0.221. The van der Waals surface area contributed by atoms with Crippen LogP contribution in [0.25, 0.3) is 0 Å². The van der Waals surface area contributed by atoms with Crippen molar-refractivity contribution in [1.82, 2.24) is 4.90 Å². The lowest BCUT2D eigenvalue weighted by Gasteiger charge is -2.42. The van der Waals surface area contributed by atoms with Gasteiger partial charge in [-0.05, 0) is 57.9 Å². The second kappa shape index (κ2) is 5.90. The van der Waals surface area contributed by atoms with Gasteiger partial charge in [-0.15, -0.1) is 0 Å². The normalized spacial score (nSPS) is 18.4. The Labute approximate surface area is 132 Å². The van der Waals surface area contributed by atoms with E-state index in [1.165, 1.54) is 0 Å². The fourth-order valence-electron chi connectivity index (χ4n) is 2.66. The highest BCUT2D eigenvalue weighted by Gasteiger charge is 2.33. The monoisotopic (exact) mass is 308 g/mol. The summed E-state index contributed by atoms with van der Waals surface area (Å²) in [4.78, 5) is 2.17. The molecule has 3 nitrogen and oxygen atoms in total. The van der Waals surface area contributed by atoms with E-state index in [1.54, 1.807) is 0 Å². The highest BCUT2D eigenvalue weighted by molar-refractivity contribution is 6.30. The number of rotatable bonds is 3. The molecule has 0 atom stereocenters. The van der Waals surface area contributed by atoms with Crippen LogP contribution in [0.5, 0.6) is 0 Å². The second-order valence-corrected chi connectivity index (χ2v) is 7.20. The van der Waals surface area contributed by atoms with E-state index in [2.05, 4.69) is 17.5 Å². The van der Waals surface area contributed by atoms with Crippen molar-refractivity contribution in [3.05, 3.63) is 47.3 Å². The van der Waals surface area contributed by atoms with Crippen LogP contribution in [0.1, 0.15) is 39.2 Å². The average Bonchev–Trinajstić information content (AvgIpc) is 2.37. The molecule has 0 aliphatic carbocycles. The van der Waals surface area contributed by atoms with E-state index in [4.69, 9.17) is 22.1 Å². The Morgan fingerprint density at radius 2 is 1.95 bits per heavy atom. The summed E-state index contributed by atoms with van der Waals surface area (Å²) in [5.41, 5.74) is 7.15. The van der Waals surface area contributed by atoms with E-state index in [0.717, 1.165) is 42.4 Å². The third-order valence-electron chi connectivity index (χ3n) is 3.83. The molecule has 0 unspecified atom stereocenters. The summed E-state index contributed by atoms with van der Waals surface area (Å²) in [6.45, 7) is 11.8. The van der Waals surface area contributed by atoms with Gasteiger partial charge in [-0.2, -0.15) is 0 Å². The topological polar surface area (TPSA) is 38.5 Å². The fraction of sp³-hybridized carbons (Fsp3) is 0.529. The maximum Gasteiger partial charge on any atom is 0.182 e. The van der Waals surface area contributed by atoms with Crippen LogP contribution in [0.3, 0.4) is 0 Å². The van der Waals surface area contributed by atoms with Gasteiger partial charge in [0.25, 0.3) is 0 Å². The van der Waals surface area contributed by atoms with Gasteiger partial charge in [-0.25, -0.2) is 0 Å². The van der Waals surface area contributed by atoms with E-state index in [1.807, 2.05) is 39.0 Å². The second-order valence-electron chi connectivity index (χ2n) is 6.76. The van der Waals surface area contributed by atoms with E-state index in [0.29, 0.717) is 0 Å². The Balaban J connectivity index is 2.01. The maximum absolute atomic E-state index is 6.58. The zero-order valence-electron chi connectivity index (χ0n) is 13.2. The van der Waals surface area contributed by atoms with Crippen LogP contribution in [0.15, 0.2) is 36.7 Å². The number of halogens is 1. The summed E-state index contributed by atoms with van der Waals surface area (Å²) in [7, 11) is 0. The van der Waals surface area contributed by atoms with Gasteiger partial charge < -0.3 is 15.4 Å². The molecule has 2 rings (SSSR count). The Bertz CT molecular complexity index is 514. The van der Waals surface area contributed by atoms with E-state index in [-0.39, 0.29) is 11.1 Å². The number of benzene rings is 1. The van der Waals surface area contributed by atoms with Gasteiger partial charge in [-0.3, -0.25) is 0 Å². The molecule has 1 fully saturated rings. The highest BCUT2D eigenvalue weighted by Crippen LogP contribution is 2.33. The van der Waals surface area contributed by atoms with Crippen molar-refractivity contribution in [3.8, 4) is 0 Å². The van der Waals surface area contributed by atoms with Crippen molar-refractivity contribution in [2.45, 2.75) is 44.8 Å². The van der Waals surface area contributed by atoms with E-state index < -0.39 is 0 Å². The summed E-state index contributed by atoms with van der Waals surface area (Å²) in [6.07, 6.45) is 1.72. The first-order valence-corrected chi connectivity index (χ1v) is 7.75. The molecule has 0 bridgehead atoms. The highest BCUT2D eigenvalue weighted by atomic mass is 35.5. The number of likely N-dealkylation sites (tertiary alicyclic amines) is 1. The van der Waals surface area contributed by atoms with Crippen LogP contribution < -0.4 is 5.73 Å². The van der Waals surface area contributed by atoms with Crippen molar-refractivity contribution in [2.75, 3.05) is 13.1 Å². The first-order chi connectivity index (χ1) is 9.70. The maximum atomic E-state index is 6.58. The van der Waals surface area contributed by atoms with Crippen molar-refractivity contribution in [3.63, 3.8) is 0 Å². The van der Waals surface area contributed by atoms with Gasteiger partial charge in [0.05, 0.1) is 0 Å². The lowest BCUT2D eigenvalue weighted by atomic mass is 9.82. The molecular weight excluding hydrogens is 284 g/mol. The minimum atomic E-state index is -0.316. The number of nitrogens with two attached hydrogens (primary N) is 1. The summed E-state index contributed by atoms with van der Waals surface area (Å²) < 4.78 is 5.84. The largest absolute Gasteiger partial charge is 0.474 e. The number of hydrogen-bond acceptors (Lipinski definition) is 3. The van der Waals surface area contributed by atoms with Crippen LogP contribution >= 0.6 is 11.6 Å². The minimum Gasteiger partial charge on any atom is -0.474 e. The molecule has 1 heterocycles. The average molecular weight is 309 g/mol. The van der Waals surface area contributed by atoms with E-state index >= 15 is 0 Å². The first kappa shape index (κ1) is 16.2. The third-order valence-corrected chi connectivity index (χ3v) is 4.07. The molecule has 1 saturated heterocycles. The van der Waals surface area contributed by atoms with Crippen LogP contribution in [-0.2, 0) is 10.3 Å². The van der Waals surface area contributed by atoms with Gasteiger partial charge >= 0.3 is 0 Å². The lowest BCUT2D eigenvalue weighted by molar-refractivity contribution is -0.00754. The van der Waals surface area contributed by atoms with Crippen LogP contribution in [0.2, 0.25) is 5.02 Å². The van der Waals surface area contributed by atoms with Gasteiger partial charge in [0.1, 0.15) is 5.60 Å². The Hall–Kier alpha value is -1.19. The van der Waals surface area contributed by atoms with Crippen LogP contribution in [0, 0.1) is 0 Å². The lowest BCUT2D eigenvalue weighted by Crippen LogP contribution is -2.48. The smallest absolute Gasteiger partial charge is 0.182 e. The molecule has 0 aromatic heterocycles. The number of ether oxygens (including phenoxy) is 1. The molecule has 2 N–H and O–H groups in total. The molecule has 21 heavy (non-hydrogen) atoms. The van der Waals surface area contributed by atoms with Crippen LogP contribution in [-0.4, -0.2) is 23.6 Å². The SMILES string of the molecule is C=C(OC(C)(C)C)N1CCC(N)(c2cccc(Cl)c2)CC1. The summed E-state index contributed by atoms with van der Waals surface area (Å²) in [5.74, 6) is 0.732. The molecule has 0 saturated carbocycles. The molecule has 1 aliphatic rings. The summed E-state index contributed by atoms with van der Waals surface area (Å²) >= 11 is 6.08. The Morgan fingerprint density at radius 1 is 1.33 bits per heavy atom. The predicted octanol–water partition coefficient (Wildman–Crippen LogP) is 3.88. The predicted molar refractivity (Wildman–Crippen MR) is 88.1 cm³/mol. The van der Waals surface area contributed by atoms with Crippen LogP contribution in [0.4, 0.5) is 0 Å². The Kier molecular flexibility index (Phi) is 4.54. The molecule has 0 radical (unpaired) electrons. The number of nitrogens with zero attached hydrogens (tertiary/aromatic N) is 1. The summed E-state index contributed by atoms with van der Waals surface area (Å²) in [6, 6.07) is 7.86. The number of hydrogen-bond donors (Lipinski definition) is 1. The molecular formula is C17H25ClN2O. The van der Waals surface area contributed by atoms with Gasteiger partial charge in [0.2, 0.25) is 0 Å². The number of piperidine rings is 1. The van der Waals surface area contributed by atoms with Gasteiger partial charge in [-0.1, -0.05) is 23.7 Å². The van der Waals surface area contributed by atoms with Gasteiger partial charge in [0.15, 0.2) is 5.88 Å². The first-order valence-electron chi connectivity index (χ1n) is 7.37. The standard InChI is InChI=1S/C17H25ClN2O/c1-13(21-16(2,3)4)20-10-8-17(19,9-11-20)14-6-5-7-15(18)12-14/h5-7,12H,1,8-11,19H2,2-4H3. The molecule has 1 aliphatic heterocycles. The van der Waals surface area contributed by atoms with Crippen molar-refractivity contribution < 1.29 is 4.74 Å². The molecule has 116 valence electrons. The molecule has 0 spiro atoms. The van der Waals surface area contributed by atoms with Crippen molar-refractivity contribution in [1.29, 1.82) is 0 Å². The summed E-state index contributed by atoms with van der Waals surface area (Å²) in [5, 5.41) is 0.736. The Morgan fingerprint density at radius 3 is 2.48 bits per heavy atom.